The van der Waals surface area contributed by atoms with Crippen LogP contribution in [0, 0.1) is 0 Å². The van der Waals surface area contributed by atoms with Crippen LogP contribution in [0.3, 0.4) is 0 Å². The van der Waals surface area contributed by atoms with Crippen molar-refractivity contribution in [3.63, 3.8) is 0 Å². The Morgan fingerprint density at radius 3 is 2.85 bits per heavy atom. The van der Waals surface area contributed by atoms with Gasteiger partial charge < -0.3 is 9.72 Å². The summed E-state index contributed by atoms with van der Waals surface area (Å²) in [6.45, 7) is 1.19. The average molecular weight is 376 g/mol. The Morgan fingerprint density at radius 2 is 2.00 bits per heavy atom. The van der Waals surface area contributed by atoms with Gasteiger partial charge in [0.15, 0.2) is 0 Å². The van der Waals surface area contributed by atoms with Crippen LogP contribution in [0.5, 0.6) is 0 Å². The molecule has 2 aromatic heterocycles. The van der Waals surface area contributed by atoms with Crippen LogP contribution >= 0.6 is 11.3 Å². The molecule has 0 aliphatic heterocycles. The van der Waals surface area contributed by atoms with Crippen molar-refractivity contribution in [2.75, 3.05) is 20.3 Å². The largest absolute Gasteiger partial charge is 0.383 e. The van der Waals surface area contributed by atoms with E-state index in [9.17, 15) is 0 Å². The predicted molar refractivity (Wildman–Crippen MR) is 111 cm³/mol. The van der Waals surface area contributed by atoms with E-state index < -0.39 is 0 Å². The van der Waals surface area contributed by atoms with Gasteiger partial charge in [0.1, 0.15) is 0 Å². The second-order valence-corrected chi connectivity index (χ2v) is 6.82. The van der Waals surface area contributed by atoms with Crippen LogP contribution in [-0.4, -0.2) is 36.1 Å². The molecular weight excluding hydrogens is 356 g/mol. The molecule has 0 aliphatic rings. The molecule has 0 saturated heterocycles. The Hall–Kier alpha value is -2.96. The van der Waals surface area contributed by atoms with Crippen molar-refractivity contribution in [1.29, 1.82) is 0 Å². The Bertz CT molecular complexity index is 1120. The van der Waals surface area contributed by atoms with Crippen LogP contribution in [-0.2, 0) is 4.74 Å². The highest BCUT2D eigenvalue weighted by atomic mass is 32.1. The van der Waals surface area contributed by atoms with Crippen molar-refractivity contribution in [1.82, 2.24) is 9.66 Å². The first kappa shape index (κ1) is 17.5. The molecule has 4 aromatic rings. The number of hydrogen-bond acceptors (Lipinski definition) is 4. The summed E-state index contributed by atoms with van der Waals surface area (Å²) >= 11 is 1.58. The molecule has 27 heavy (non-hydrogen) atoms. The van der Waals surface area contributed by atoms with Crippen LogP contribution < -0.4 is 4.80 Å². The molecule has 0 fully saturated rings. The number of nitrogens with one attached hydrogen (secondary N) is 1. The van der Waals surface area contributed by atoms with E-state index in [4.69, 9.17) is 9.84 Å². The number of aromatic amines is 1. The van der Waals surface area contributed by atoms with Gasteiger partial charge in [-0.05, 0) is 22.9 Å². The van der Waals surface area contributed by atoms with Gasteiger partial charge in [-0.2, -0.15) is 5.10 Å². The number of nitrogens with zero attached hydrogens (tertiary/aromatic N) is 3. The predicted octanol–water partition coefficient (Wildman–Crippen LogP) is 4.13. The second kappa shape index (κ2) is 8.16. The number of rotatable bonds is 6. The molecule has 4 rings (SSSR count). The van der Waals surface area contributed by atoms with E-state index in [2.05, 4.69) is 57.8 Å². The molecule has 0 radical (unpaired) electrons. The minimum Gasteiger partial charge on any atom is -0.383 e. The zero-order valence-corrected chi connectivity index (χ0v) is 15.8. The van der Waals surface area contributed by atoms with Gasteiger partial charge in [-0.25, -0.2) is 4.68 Å². The van der Waals surface area contributed by atoms with Crippen LogP contribution in [0.25, 0.3) is 22.0 Å². The standard InChI is InChI=1S/C21H20N4OS/c1-26-13-12-23-21-25(24-14-17-8-5-11-22-17)20(15-27-21)19-10-4-7-16-6-2-3-9-18(16)19/h2-11,14-15,22H,12-13H2,1H3. The topological polar surface area (TPSA) is 54.7 Å². The fourth-order valence-electron chi connectivity index (χ4n) is 2.93. The molecule has 5 nitrogen and oxygen atoms in total. The normalized spacial score (nSPS) is 12.4. The number of hydrogen-bond donors (Lipinski definition) is 1. The lowest BCUT2D eigenvalue weighted by Crippen LogP contribution is -2.13. The summed E-state index contributed by atoms with van der Waals surface area (Å²) in [5.74, 6) is 0. The highest BCUT2D eigenvalue weighted by Gasteiger charge is 2.10. The molecule has 2 heterocycles. The third-order valence-electron chi connectivity index (χ3n) is 4.23. The van der Waals surface area contributed by atoms with Gasteiger partial charge in [0.2, 0.25) is 4.80 Å². The first-order valence-corrected chi connectivity index (χ1v) is 9.60. The lowest BCUT2D eigenvalue weighted by Gasteiger charge is -2.07. The van der Waals surface area contributed by atoms with E-state index in [0.29, 0.717) is 13.2 Å². The SMILES string of the molecule is COCCN=c1scc(-c2cccc3ccccc23)n1N=Cc1ccc[nH]1. The number of benzene rings is 2. The highest BCUT2D eigenvalue weighted by molar-refractivity contribution is 7.07. The second-order valence-electron chi connectivity index (χ2n) is 5.99. The zero-order chi connectivity index (χ0) is 18.5. The quantitative estimate of drug-likeness (QED) is 0.399. The molecule has 0 spiro atoms. The summed E-state index contributed by atoms with van der Waals surface area (Å²) < 4.78 is 7.04. The smallest absolute Gasteiger partial charge is 0.206 e. The molecule has 6 heteroatoms. The molecule has 0 atom stereocenters. The van der Waals surface area contributed by atoms with Crippen LogP contribution in [0.4, 0.5) is 0 Å². The van der Waals surface area contributed by atoms with Crippen molar-refractivity contribution in [2.24, 2.45) is 10.1 Å². The van der Waals surface area contributed by atoms with E-state index in [1.165, 1.54) is 10.8 Å². The molecular formula is C21H20N4OS. The van der Waals surface area contributed by atoms with E-state index >= 15 is 0 Å². The summed E-state index contributed by atoms with van der Waals surface area (Å²) in [4.78, 5) is 8.65. The molecule has 1 N–H and O–H groups in total. The minimum atomic E-state index is 0.585. The maximum Gasteiger partial charge on any atom is 0.206 e. The Kier molecular flexibility index (Phi) is 5.27. The summed E-state index contributed by atoms with van der Waals surface area (Å²) in [5.41, 5.74) is 3.11. The lowest BCUT2D eigenvalue weighted by atomic mass is 10.0. The summed E-state index contributed by atoms with van der Waals surface area (Å²) in [7, 11) is 1.68. The fraction of sp³-hybridized carbons (Fsp3) is 0.143. The monoisotopic (exact) mass is 376 g/mol. The van der Waals surface area contributed by atoms with Crippen LogP contribution in [0.2, 0.25) is 0 Å². The average Bonchev–Trinajstić information content (AvgIpc) is 3.36. The van der Waals surface area contributed by atoms with Gasteiger partial charge in [0.05, 0.1) is 30.8 Å². The number of methoxy groups -OCH3 is 1. The lowest BCUT2D eigenvalue weighted by molar-refractivity contribution is 0.207. The van der Waals surface area contributed by atoms with E-state index in [1.807, 2.05) is 29.2 Å². The van der Waals surface area contributed by atoms with Gasteiger partial charge in [0, 0.05) is 24.3 Å². The van der Waals surface area contributed by atoms with Gasteiger partial charge >= 0.3 is 0 Å². The van der Waals surface area contributed by atoms with Crippen molar-refractivity contribution in [2.45, 2.75) is 0 Å². The van der Waals surface area contributed by atoms with Gasteiger partial charge in [-0.1, -0.05) is 42.5 Å². The minimum absolute atomic E-state index is 0.585. The third-order valence-corrected chi connectivity index (χ3v) is 5.08. The molecule has 0 bridgehead atoms. The number of thiazole rings is 1. The summed E-state index contributed by atoms with van der Waals surface area (Å²) in [5, 5.41) is 9.22. The maximum absolute atomic E-state index is 5.13. The summed E-state index contributed by atoms with van der Waals surface area (Å²) in [6, 6.07) is 18.7. The number of aromatic nitrogens is 2. The molecule has 136 valence electrons. The van der Waals surface area contributed by atoms with Gasteiger partial charge in [-0.3, -0.25) is 4.99 Å². The molecule has 0 saturated carbocycles. The Morgan fingerprint density at radius 1 is 1.11 bits per heavy atom. The van der Waals surface area contributed by atoms with Gasteiger partial charge in [-0.15, -0.1) is 11.3 Å². The van der Waals surface area contributed by atoms with Crippen molar-refractivity contribution < 1.29 is 4.74 Å². The van der Waals surface area contributed by atoms with Crippen molar-refractivity contribution >= 4 is 28.3 Å². The first-order valence-electron chi connectivity index (χ1n) is 8.72. The first-order chi connectivity index (χ1) is 13.4. The molecule has 0 aliphatic carbocycles. The fourth-order valence-corrected chi connectivity index (χ4v) is 3.79. The number of fused-ring (bicyclic) bond motifs is 1. The molecule has 0 unspecified atom stereocenters. The highest BCUT2D eigenvalue weighted by Crippen LogP contribution is 2.28. The molecule has 0 amide bonds. The van der Waals surface area contributed by atoms with E-state index in [-0.39, 0.29) is 0 Å². The van der Waals surface area contributed by atoms with Crippen LogP contribution in [0.15, 0.2) is 76.3 Å². The third kappa shape index (κ3) is 3.77. The van der Waals surface area contributed by atoms with Crippen molar-refractivity contribution in [3.8, 4) is 11.3 Å². The molecule has 2 aromatic carbocycles. The van der Waals surface area contributed by atoms with Gasteiger partial charge in [0.25, 0.3) is 0 Å². The zero-order valence-electron chi connectivity index (χ0n) is 15.0. The number of H-pyrrole nitrogens is 1. The maximum atomic E-state index is 5.13. The van der Waals surface area contributed by atoms with E-state index in [1.54, 1.807) is 18.4 Å². The Labute approximate surface area is 161 Å². The number of ether oxygens (including phenoxy) is 1. The van der Waals surface area contributed by atoms with Crippen LogP contribution in [0.1, 0.15) is 5.69 Å². The van der Waals surface area contributed by atoms with E-state index in [0.717, 1.165) is 21.8 Å². The summed E-state index contributed by atoms with van der Waals surface area (Å²) in [6.07, 6.45) is 3.70. The Balaban J connectivity index is 1.86. The van der Waals surface area contributed by atoms with Crippen molar-refractivity contribution in [3.05, 3.63) is 76.7 Å².